The molecule has 0 N–H and O–H groups in total. The van der Waals surface area contributed by atoms with Crippen molar-refractivity contribution in [2.45, 2.75) is 83.0 Å². The van der Waals surface area contributed by atoms with Crippen LogP contribution >= 0.6 is 0 Å². The standard InChI is InChI=1S/C40H40O17/c1-22(41)50-31-30(55-40(53-25(4)44)35(52-24(3)43)33(31)51-23(2)42)21-49-39-34(57-38(47)28-18-12-7-13-19-28)32(56-37(46)27-16-10-6-11-17-27)29(54-39)20-48-36(45)26-14-8-5-9-15-26/h5-19,29-35,39-40H,20-21H2,1-4H3/t29-,30+,31-,32+,33+,34+,35+,39-,40-/m0/s1. The van der Waals surface area contributed by atoms with Crippen molar-refractivity contribution in [1.82, 2.24) is 0 Å². The van der Waals surface area contributed by atoms with Gasteiger partial charge in [0.05, 0.1) is 23.3 Å². The summed E-state index contributed by atoms with van der Waals surface area (Å²) in [5.74, 6) is -5.90. The Morgan fingerprint density at radius 2 is 0.789 bits per heavy atom. The Morgan fingerprint density at radius 1 is 0.421 bits per heavy atom. The highest BCUT2D eigenvalue weighted by atomic mass is 16.8. The van der Waals surface area contributed by atoms with E-state index in [0.717, 1.165) is 27.7 Å². The second-order valence-corrected chi connectivity index (χ2v) is 12.7. The molecule has 0 aromatic heterocycles. The zero-order valence-electron chi connectivity index (χ0n) is 31.2. The molecule has 0 saturated carbocycles. The van der Waals surface area contributed by atoms with Crippen molar-refractivity contribution in [3.8, 4) is 0 Å². The van der Waals surface area contributed by atoms with E-state index >= 15 is 0 Å². The third-order valence-electron chi connectivity index (χ3n) is 8.37. The second kappa shape index (κ2) is 19.6. The lowest BCUT2D eigenvalue weighted by molar-refractivity contribution is -0.307. The number of hydrogen-bond acceptors (Lipinski definition) is 17. The Hall–Kier alpha value is -6.17. The summed E-state index contributed by atoms with van der Waals surface area (Å²) in [5, 5.41) is 0. The van der Waals surface area contributed by atoms with Gasteiger partial charge >= 0.3 is 41.8 Å². The van der Waals surface area contributed by atoms with Crippen LogP contribution in [-0.4, -0.2) is 110 Å². The second-order valence-electron chi connectivity index (χ2n) is 12.7. The molecule has 2 saturated heterocycles. The Balaban J connectivity index is 1.48. The molecular formula is C40H40O17. The van der Waals surface area contributed by atoms with Crippen LogP contribution in [0.15, 0.2) is 91.0 Å². The molecule has 0 aliphatic carbocycles. The molecule has 17 nitrogen and oxygen atoms in total. The summed E-state index contributed by atoms with van der Waals surface area (Å²) in [4.78, 5) is 88.8. The quantitative estimate of drug-likeness (QED) is 0.169. The van der Waals surface area contributed by atoms with Crippen LogP contribution < -0.4 is 0 Å². The Labute approximate surface area is 326 Å². The lowest BCUT2D eigenvalue weighted by Gasteiger charge is -2.43. The van der Waals surface area contributed by atoms with Crippen LogP contribution in [0.1, 0.15) is 58.8 Å². The number of hydrogen-bond donors (Lipinski definition) is 0. The normalized spacial score (nSPS) is 25.2. The number of ether oxygens (including phenoxy) is 10. The molecule has 5 rings (SSSR count). The molecule has 2 aliphatic heterocycles. The summed E-state index contributed by atoms with van der Waals surface area (Å²) in [6.45, 7) is 3.08. The summed E-state index contributed by atoms with van der Waals surface area (Å²) in [7, 11) is 0. The number of benzene rings is 3. The van der Waals surface area contributed by atoms with E-state index in [9.17, 15) is 33.6 Å². The lowest BCUT2D eigenvalue weighted by atomic mass is 9.98. The van der Waals surface area contributed by atoms with E-state index in [1.807, 2.05) is 0 Å². The van der Waals surface area contributed by atoms with Crippen LogP contribution in [0, 0.1) is 0 Å². The average molecular weight is 793 g/mol. The van der Waals surface area contributed by atoms with E-state index < -0.39 is 110 Å². The molecule has 9 atom stereocenters. The molecule has 57 heavy (non-hydrogen) atoms. The largest absolute Gasteiger partial charge is 0.459 e. The van der Waals surface area contributed by atoms with Gasteiger partial charge < -0.3 is 47.4 Å². The predicted molar refractivity (Wildman–Crippen MR) is 190 cm³/mol. The van der Waals surface area contributed by atoms with Gasteiger partial charge in [0.25, 0.3) is 0 Å². The number of carbonyl (C=O) groups excluding carboxylic acids is 7. The van der Waals surface area contributed by atoms with Crippen molar-refractivity contribution in [3.63, 3.8) is 0 Å². The Bertz CT molecular complexity index is 1890. The first-order chi connectivity index (χ1) is 27.3. The molecule has 2 heterocycles. The van der Waals surface area contributed by atoms with Gasteiger partial charge in [-0.3, -0.25) is 19.2 Å². The first kappa shape index (κ1) is 42.0. The maximum atomic E-state index is 13.5. The minimum atomic E-state index is -1.70. The summed E-state index contributed by atoms with van der Waals surface area (Å²) in [6.07, 6.45) is -13.7. The lowest BCUT2D eigenvalue weighted by Crippen LogP contribution is -2.63. The van der Waals surface area contributed by atoms with Gasteiger partial charge in [0.2, 0.25) is 12.4 Å². The van der Waals surface area contributed by atoms with Crippen molar-refractivity contribution < 1.29 is 80.9 Å². The first-order valence-electron chi connectivity index (χ1n) is 17.7. The Kier molecular flexibility index (Phi) is 14.4. The molecule has 2 aliphatic rings. The smallest absolute Gasteiger partial charge is 0.338 e. The van der Waals surface area contributed by atoms with Gasteiger partial charge in [0.15, 0.2) is 30.7 Å². The van der Waals surface area contributed by atoms with Gasteiger partial charge in [0.1, 0.15) is 18.8 Å². The third-order valence-corrected chi connectivity index (χ3v) is 8.37. The zero-order chi connectivity index (χ0) is 41.1. The summed E-state index contributed by atoms with van der Waals surface area (Å²) >= 11 is 0. The molecule has 17 heteroatoms. The molecule has 0 bridgehead atoms. The molecule has 3 aromatic carbocycles. The van der Waals surface area contributed by atoms with E-state index in [-0.39, 0.29) is 16.7 Å². The van der Waals surface area contributed by atoms with Gasteiger partial charge in [-0.15, -0.1) is 0 Å². The van der Waals surface area contributed by atoms with E-state index in [1.54, 1.807) is 54.6 Å². The SMILES string of the molecule is CC(=O)O[C@H]1O[C@H](CO[C@H]2O[C@@H](COC(=O)c3ccccc3)[C@@H](OC(=O)c3ccccc3)[C@H]2OC(=O)c2ccccc2)[C@H](OC(C)=O)[C@@H](OC(C)=O)[C@H]1OC(C)=O. The Morgan fingerprint density at radius 3 is 1.28 bits per heavy atom. The van der Waals surface area contributed by atoms with Gasteiger partial charge in [-0.25, -0.2) is 14.4 Å². The fraction of sp³-hybridized carbons (Fsp3) is 0.375. The third kappa shape index (κ3) is 11.4. The topological polar surface area (TPSA) is 212 Å². The van der Waals surface area contributed by atoms with Gasteiger partial charge in [-0.2, -0.15) is 0 Å². The molecule has 302 valence electrons. The fourth-order valence-electron chi connectivity index (χ4n) is 6.01. The van der Waals surface area contributed by atoms with Crippen LogP contribution in [-0.2, 0) is 66.5 Å². The van der Waals surface area contributed by atoms with Crippen LogP contribution in [0.2, 0.25) is 0 Å². The molecule has 0 amide bonds. The fourth-order valence-corrected chi connectivity index (χ4v) is 6.01. The van der Waals surface area contributed by atoms with Crippen LogP contribution in [0.3, 0.4) is 0 Å². The number of rotatable bonds is 14. The minimum absolute atomic E-state index is 0.124. The highest BCUT2D eigenvalue weighted by Gasteiger charge is 2.55. The van der Waals surface area contributed by atoms with E-state index in [2.05, 4.69) is 0 Å². The van der Waals surface area contributed by atoms with E-state index in [4.69, 9.17) is 47.4 Å². The number of esters is 7. The molecular weight excluding hydrogens is 752 g/mol. The van der Waals surface area contributed by atoms with Crippen molar-refractivity contribution in [2.24, 2.45) is 0 Å². The van der Waals surface area contributed by atoms with Crippen LogP contribution in [0.5, 0.6) is 0 Å². The predicted octanol–water partition coefficient (Wildman–Crippen LogP) is 3.12. The van der Waals surface area contributed by atoms with Crippen molar-refractivity contribution in [1.29, 1.82) is 0 Å². The first-order valence-corrected chi connectivity index (χ1v) is 17.7. The monoisotopic (exact) mass is 792 g/mol. The van der Waals surface area contributed by atoms with E-state index in [0.29, 0.717) is 0 Å². The van der Waals surface area contributed by atoms with Gasteiger partial charge in [-0.05, 0) is 36.4 Å². The highest BCUT2D eigenvalue weighted by molar-refractivity contribution is 5.91. The average Bonchev–Trinajstić information content (AvgIpc) is 3.50. The van der Waals surface area contributed by atoms with Crippen LogP contribution in [0.4, 0.5) is 0 Å². The summed E-state index contributed by atoms with van der Waals surface area (Å²) in [6, 6.07) is 23.8. The maximum Gasteiger partial charge on any atom is 0.338 e. The highest BCUT2D eigenvalue weighted by Crippen LogP contribution is 2.33. The molecule has 2 fully saturated rings. The van der Waals surface area contributed by atoms with Gasteiger partial charge in [0, 0.05) is 27.7 Å². The summed E-state index contributed by atoms with van der Waals surface area (Å²) < 4.78 is 57.1. The van der Waals surface area contributed by atoms with Crippen molar-refractivity contribution in [3.05, 3.63) is 108 Å². The zero-order valence-corrected chi connectivity index (χ0v) is 31.2. The molecule has 0 radical (unpaired) electrons. The number of carbonyl (C=O) groups is 7. The van der Waals surface area contributed by atoms with Crippen molar-refractivity contribution >= 4 is 41.8 Å². The molecule has 3 aromatic rings. The molecule has 0 unspecified atom stereocenters. The maximum absolute atomic E-state index is 13.5. The summed E-state index contributed by atoms with van der Waals surface area (Å²) in [5.41, 5.74) is 0.486. The van der Waals surface area contributed by atoms with Crippen LogP contribution in [0.25, 0.3) is 0 Å². The van der Waals surface area contributed by atoms with E-state index in [1.165, 1.54) is 36.4 Å². The minimum Gasteiger partial charge on any atom is -0.459 e. The van der Waals surface area contributed by atoms with Gasteiger partial charge in [-0.1, -0.05) is 54.6 Å². The van der Waals surface area contributed by atoms with Crippen molar-refractivity contribution in [2.75, 3.05) is 13.2 Å². The molecule has 0 spiro atoms.